The Labute approximate surface area is 156 Å². The van der Waals surface area contributed by atoms with Gasteiger partial charge < -0.3 is 15.0 Å². The highest BCUT2D eigenvalue weighted by Gasteiger charge is 2.00. The summed E-state index contributed by atoms with van der Waals surface area (Å²) in [6.07, 6.45) is 1.18. The van der Waals surface area contributed by atoms with Crippen molar-refractivity contribution in [2.24, 2.45) is 0 Å². The highest BCUT2D eigenvalue weighted by atomic mass is 35.5. The normalized spacial score (nSPS) is 11.0. The van der Waals surface area contributed by atoms with Crippen LogP contribution >= 0.6 is 11.6 Å². The first-order valence-corrected chi connectivity index (χ1v) is 9.48. The van der Waals surface area contributed by atoms with Gasteiger partial charge in [0.25, 0.3) is 0 Å². The van der Waals surface area contributed by atoms with Gasteiger partial charge in [-0.15, -0.1) is 0 Å². The molecule has 0 saturated heterocycles. The topological polar surface area (TPSA) is 24.5 Å². The molecule has 3 nitrogen and oxygen atoms in total. The molecular weight excluding hydrogens is 332 g/mol. The van der Waals surface area contributed by atoms with Gasteiger partial charge in [0.15, 0.2) is 0 Å². The molecule has 136 valence electrons. The largest absolute Gasteiger partial charge is 0.489 e. The third-order valence-electron chi connectivity index (χ3n) is 4.27. The van der Waals surface area contributed by atoms with Crippen molar-refractivity contribution in [2.45, 2.75) is 33.4 Å². The third kappa shape index (κ3) is 7.47. The lowest BCUT2D eigenvalue weighted by atomic mass is 10.2. The van der Waals surface area contributed by atoms with Crippen LogP contribution in [0.2, 0.25) is 5.02 Å². The number of hydrogen-bond acceptors (Lipinski definition) is 3. The van der Waals surface area contributed by atoms with E-state index in [1.54, 1.807) is 0 Å². The number of hydrogen-bond donors (Lipinski definition) is 1. The smallest absolute Gasteiger partial charge is 0.120 e. The Balaban J connectivity index is 1.72. The van der Waals surface area contributed by atoms with Gasteiger partial charge in [0.1, 0.15) is 12.4 Å². The van der Waals surface area contributed by atoms with Gasteiger partial charge in [0, 0.05) is 11.6 Å². The fourth-order valence-electron chi connectivity index (χ4n) is 2.69. The van der Waals surface area contributed by atoms with Crippen molar-refractivity contribution in [1.29, 1.82) is 0 Å². The van der Waals surface area contributed by atoms with Crippen molar-refractivity contribution in [1.82, 2.24) is 10.2 Å². The number of nitrogens with one attached hydrogen (secondary N) is 1. The Hall–Kier alpha value is -1.55. The molecule has 0 amide bonds. The highest BCUT2D eigenvalue weighted by Crippen LogP contribution is 2.16. The van der Waals surface area contributed by atoms with Gasteiger partial charge in [0.2, 0.25) is 0 Å². The lowest BCUT2D eigenvalue weighted by molar-refractivity contribution is 0.297. The van der Waals surface area contributed by atoms with Gasteiger partial charge in [-0.1, -0.05) is 49.7 Å². The Morgan fingerprint density at radius 3 is 2.48 bits per heavy atom. The van der Waals surface area contributed by atoms with Crippen LogP contribution in [-0.4, -0.2) is 31.1 Å². The molecule has 0 aliphatic carbocycles. The number of nitrogens with zero attached hydrogens (tertiary/aromatic N) is 1. The lowest BCUT2D eigenvalue weighted by Gasteiger charge is -2.17. The van der Waals surface area contributed by atoms with E-state index in [0.29, 0.717) is 6.61 Å². The minimum Gasteiger partial charge on any atom is -0.489 e. The van der Waals surface area contributed by atoms with Crippen LogP contribution < -0.4 is 10.1 Å². The molecule has 4 heteroatoms. The second-order valence-electron chi connectivity index (χ2n) is 6.12. The van der Waals surface area contributed by atoms with Gasteiger partial charge >= 0.3 is 0 Å². The molecule has 25 heavy (non-hydrogen) atoms. The van der Waals surface area contributed by atoms with E-state index in [9.17, 15) is 0 Å². The average Bonchev–Trinajstić information content (AvgIpc) is 2.65. The van der Waals surface area contributed by atoms with E-state index < -0.39 is 0 Å². The first-order chi connectivity index (χ1) is 12.2. The predicted molar refractivity (Wildman–Crippen MR) is 106 cm³/mol. The monoisotopic (exact) mass is 360 g/mol. The zero-order valence-corrected chi connectivity index (χ0v) is 16.1. The summed E-state index contributed by atoms with van der Waals surface area (Å²) in [7, 11) is 0. The molecule has 1 N–H and O–H groups in total. The molecule has 2 rings (SSSR count). The second kappa shape index (κ2) is 11.1. The molecule has 0 heterocycles. The quantitative estimate of drug-likeness (QED) is 0.586. The summed E-state index contributed by atoms with van der Waals surface area (Å²) >= 11 is 5.90. The first kappa shape index (κ1) is 19.8. The highest BCUT2D eigenvalue weighted by molar-refractivity contribution is 6.30. The maximum absolute atomic E-state index is 5.90. The van der Waals surface area contributed by atoms with Crippen molar-refractivity contribution in [2.75, 3.05) is 26.2 Å². The van der Waals surface area contributed by atoms with Crippen molar-refractivity contribution in [3.8, 4) is 5.75 Å². The third-order valence-corrected chi connectivity index (χ3v) is 4.52. The van der Waals surface area contributed by atoms with E-state index in [1.807, 2.05) is 36.4 Å². The molecule has 0 unspecified atom stereocenters. The standard InChI is InChI=1S/C21H29ClN2O/c1-3-24(4-2)14-6-13-23-16-19-7-5-8-21(15-19)25-17-18-9-11-20(22)12-10-18/h5,7-12,15,23H,3-4,6,13-14,16-17H2,1-2H3. The summed E-state index contributed by atoms with van der Waals surface area (Å²) in [5.74, 6) is 0.900. The first-order valence-electron chi connectivity index (χ1n) is 9.10. The van der Waals surface area contributed by atoms with E-state index in [-0.39, 0.29) is 0 Å². The van der Waals surface area contributed by atoms with Crippen LogP contribution in [0.3, 0.4) is 0 Å². The fourth-order valence-corrected chi connectivity index (χ4v) is 2.82. The van der Waals surface area contributed by atoms with Gasteiger partial charge in [-0.3, -0.25) is 0 Å². The Bertz CT molecular complexity index is 612. The van der Waals surface area contributed by atoms with Gasteiger partial charge in [0.05, 0.1) is 0 Å². The maximum Gasteiger partial charge on any atom is 0.120 e. The minimum absolute atomic E-state index is 0.553. The summed E-state index contributed by atoms with van der Waals surface area (Å²) in [4.78, 5) is 2.45. The van der Waals surface area contributed by atoms with Crippen LogP contribution in [0, 0.1) is 0 Å². The summed E-state index contributed by atoms with van der Waals surface area (Å²) in [5.41, 5.74) is 2.36. The number of ether oxygens (including phenoxy) is 1. The van der Waals surface area contributed by atoms with Crippen LogP contribution in [-0.2, 0) is 13.2 Å². The van der Waals surface area contributed by atoms with Crippen LogP contribution in [0.25, 0.3) is 0 Å². The van der Waals surface area contributed by atoms with Crippen molar-refractivity contribution >= 4 is 11.6 Å². The molecule has 0 aromatic heterocycles. The van der Waals surface area contributed by atoms with Crippen LogP contribution in [0.4, 0.5) is 0 Å². The van der Waals surface area contributed by atoms with Crippen LogP contribution in [0.15, 0.2) is 48.5 Å². The van der Waals surface area contributed by atoms with Crippen LogP contribution in [0.1, 0.15) is 31.4 Å². The van der Waals surface area contributed by atoms with Gasteiger partial charge in [-0.25, -0.2) is 0 Å². The Morgan fingerprint density at radius 2 is 1.76 bits per heavy atom. The number of benzene rings is 2. The lowest BCUT2D eigenvalue weighted by Crippen LogP contribution is -2.27. The predicted octanol–water partition coefficient (Wildman–Crippen LogP) is 4.74. The molecule has 0 atom stereocenters. The SMILES string of the molecule is CCN(CC)CCCNCc1cccc(OCc2ccc(Cl)cc2)c1. The molecule has 0 fully saturated rings. The van der Waals surface area contributed by atoms with Crippen molar-refractivity contribution in [3.05, 3.63) is 64.7 Å². The Kier molecular flexibility index (Phi) is 8.81. The molecule has 2 aromatic carbocycles. The van der Waals surface area contributed by atoms with Gasteiger partial charge in [-0.2, -0.15) is 0 Å². The summed E-state index contributed by atoms with van der Waals surface area (Å²) < 4.78 is 5.88. The molecule has 0 bridgehead atoms. The number of halogens is 1. The fraction of sp³-hybridized carbons (Fsp3) is 0.429. The van der Waals surface area contributed by atoms with E-state index in [2.05, 4.69) is 36.2 Å². The van der Waals surface area contributed by atoms with Crippen molar-refractivity contribution in [3.63, 3.8) is 0 Å². The number of rotatable bonds is 11. The Morgan fingerprint density at radius 1 is 1.00 bits per heavy atom. The van der Waals surface area contributed by atoms with Crippen LogP contribution in [0.5, 0.6) is 5.75 Å². The second-order valence-corrected chi connectivity index (χ2v) is 6.56. The zero-order valence-electron chi connectivity index (χ0n) is 15.3. The summed E-state index contributed by atoms with van der Waals surface area (Å²) in [6, 6.07) is 16.0. The molecule has 0 saturated carbocycles. The van der Waals surface area contributed by atoms with E-state index in [0.717, 1.165) is 49.1 Å². The van der Waals surface area contributed by atoms with E-state index >= 15 is 0 Å². The molecule has 0 aliphatic heterocycles. The minimum atomic E-state index is 0.553. The zero-order chi connectivity index (χ0) is 17.9. The van der Waals surface area contributed by atoms with Crippen molar-refractivity contribution < 1.29 is 4.74 Å². The summed E-state index contributed by atoms with van der Waals surface area (Å²) in [6.45, 7) is 10.3. The molecule has 2 aromatic rings. The average molecular weight is 361 g/mol. The van der Waals surface area contributed by atoms with Gasteiger partial charge in [-0.05, 0) is 68.0 Å². The van der Waals surface area contributed by atoms with E-state index in [1.165, 1.54) is 12.0 Å². The molecule has 0 radical (unpaired) electrons. The molecular formula is C21H29ClN2O. The maximum atomic E-state index is 5.90. The molecule has 0 aliphatic rings. The summed E-state index contributed by atoms with van der Waals surface area (Å²) in [5, 5.41) is 4.26. The van der Waals surface area contributed by atoms with E-state index in [4.69, 9.17) is 16.3 Å². The molecule has 0 spiro atoms.